The van der Waals surface area contributed by atoms with Crippen LogP contribution in [-0.2, 0) is 27.2 Å². The Balaban J connectivity index is 1.07. The lowest BCUT2D eigenvalue weighted by molar-refractivity contribution is -0.0462. The van der Waals surface area contributed by atoms with E-state index in [-0.39, 0.29) is 18.2 Å². The Labute approximate surface area is 254 Å². The average molecular weight is 587 g/mol. The van der Waals surface area contributed by atoms with Gasteiger partial charge in [-0.25, -0.2) is 4.79 Å². The molecule has 2 atom stereocenters. The summed E-state index contributed by atoms with van der Waals surface area (Å²) < 4.78 is 28.4. The van der Waals surface area contributed by atoms with Crippen LogP contribution in [0.5, 0.6) is 11.5 Å². The minimum absolute atomic E-state index is 0.00988. The molecule has 8 nitrogen and oxygen atoms in total. The molecule has 4 heterocycles. The maximum absolute atomic E-state index is 13.6. The zero-order valence-electron chi connectivity index (χ0n) is 25.0. The van der Waals surface area contributed by atoms with Gasteiger partial charge in [0.2, 0.25) is 0 Å². The molecule has 4 aliphatic heterocycles. The number of fused-ring (bicyclic) bond motifs is 4. The molecule has 7 rings (SSSR count). The Bertz CT molecular complexity index is 1320. The molecular formula is C35H42N2O6. The van der Waals surface area contributed by atoms with Crippen LogP contribution in [0.15, 0.2) is 72.8 Å². The second-order valence-electron chi connectivity index (χ2n) is 11.6. The van der Waals surface area contributed by atoms with Crippen molar-refractivity contribution in [3.8, 4) is 11.5 Å². The predicted octanol–water partition coefficient (Wildman–Crippen LogP) is 5.49. The van der Waals surface area contributed by atoms with E-state index in [9.17, 15) is 4.79 Å². The second kappa shape index (κ2) is 14.3. The molecule has 0 unspecified atom stereocenters. The number of piperidine rings is 3. The van der Waals surface area contributed by atoms with E-state index >= 15 is 0 Å². The van der Waals surface area contributed by atoms with Gasteiger partial charge in [0, 0.05) is 20.2 Å². The molecule has 1 amide bonds. The van der Waals surface area contributed by atoms with Crippen molar-refractivity contribution >= 4 is 6.09 Å². The van der Waals surface area contributed by atoms with Gasteiger partial charge < -0.3 is 23.7 Å². The zero-order valence-corrected chi connectivity index (χ0v) is 25.0. The van der Waals surface area contributed by atoms with E-state index in [0.29, 0.717) is 45.5 Å². The van der Waals surface area contributed by atoms with E-state index in [2.05, 4.69) is 41.3 Å². The highest BCUT2D eigenvalue weighted by Crippen LogP contribution is 2.37. The maximum atomic E-state index is 13.6. The van der Waals surface area contributed by atoms with E-state index in [1.165, 1.54) is 5.56 Å². The standard InChI is InChI=1S/C35H42N2O6/c1-39-20-21-40-22-23-41-30-10-6-26(7-11-30)25-42-31-12-8-29(9-13-31)34-32-5-3-2-4-27(32)16-19-37(34)35(38)43-33-24-36-17-14-28(33)15-18-36/h2-13,28,33-34H,14-25H2,1H3/t33-,34-/m1/s1. The van der Waals surface area contributed by atoms with E-state index in [1.807, 2.05) is 41.3 Å². The Kier molecular flexibility index (Phi) is 9.77. The molecule has 0 N–H and O–H groups in total. The van der Waals surface area contributed by atoms with Crippen LogP contribution in [0.4, 0.5) is 4.79 Å². The van der Waals surface area contributed by atoms with E-state index < -0.39 is 0 Å². The van der Waals surface area contributed by atoms with Crippen molar-refractivity contribution in [2.24, 2.45) is 5.92 Å². The molecule has 3 aromatic carbocycles. The van der Waals surface area contributed by atoms with Crippen molar-refractivity contribution in [1.82, 2.24) is 9.80 Å². The molecule has 0 aromatic heterocycles. The van der Waals surface area contributed by atoms with Crippen molar-refractivity contribution in [1.29, 1.82) is 0 Å². The number of rotatable bonds is 12. The highest BCUT2D eigenvalue weighted by atomic mass is 16.6. The first-order chi connectivity index (χ1) is 21.2. The number of carbonyl (C=O) groups excluding carboxylic acids is 1. The first kappa shape index (κ1) is 29.5. The molecule has 0 aliphatic carbocycles. The van der Waals surface area contributed by atoms with E-state index in [0.717, 1.165) is 67.1 Å². The smallest absolute Gasteiger partial charge is 0.410 e. The summed E-state index contributed by atoms with van der Waals surface area (Å²) in [5, 5.41) is 0. The number of hydrogen-bond acceptors (Lipinski definition) is 7. The van der Waals surface area contributed by atoms with E-state index in [4.69, 9.17) is 23.7 Å². The summed E-state index contributed by atoms with van der Waals surface area (Å²) in [4.78, 5) is 18.0. The lowest BCUT2D eigenvalue weighted by Crippen LogP contribution is -2.53. The van der Waals surface area contributed by atoms with Gasteiger partial charge in [0.25, 0.3) is 0 Å². The van der Waals surface area contributed by atoms with Crippen molar-refractivity contribution in [3.05, 3.63) is 95.1 Å². The molecule has 3 fully saturated rings. The Hall–Kier alpha value is -3.59. The van der Waals surface area contributed by atoms with Gasteiger partial charge in [-0.2, -0.15) is 0 Å². The summed E-state index contributed by atoms with van der Waals surface area (Å²) in [6.07, 6.45) is 2.85. The number of nitrogens with zero attached hydrogens (tertiary/aromatic N) is 2. The highest BCUT2D eigenvalue weighted by molar-refractivity contribution is 5.70. The third-order valence-corrected chi connectivity index (χ3v) is 8.82. The van der Waals surface area contributed by atoms with Gasteiger partial charge in [-0.05, 0) is 84.8 Å². The normalized spacial score (nSPS) is 22.6. The lowest BCUT2D eigenvalue weighted by Gasteiger charge is -2.45. The molecule has 43 heavy (non-hydrogen) atoms. The number of amides is 1. The summed E-state index contributed by atoms with van der Waals surface area (Å²) in [5.74, 6) is 2.06. The predicted molar refractivity (Wildman–Crippen MR) is 164 cm³/mol. The highest BCUT2D eigenvalue weighted by Gasteiger charge is 2.39. The Morgan fingerprint density at radius 2 is 1.53 bits per heavy atom. The summed E-state index contributed by atoms with van der Waals surface area (Å²) in [5.41, 5.74) is 4.55. The number of benzene rings is 3. The topological polar surface area (TPSA) is 69.7 Å². The van der Waals surface area contributed by atoms with Crippen LogP contribution in [0.25, 0.3) is 0 Å². The van der Waals surface area contributed by atoms with Gasteiger partial charge in [-0.15, -0.1) is 0 Å². The first-order valence-corrected chi connectivity index (χ1v) is 15.5. The van der Waals surface area contributed by atoms with Crippen LogP contribution in [0.3, 0.4) is 0 Å². The largest absolute Gasteiger partial charge is 0.491 e. The van der Waals surface area contributed by atoms with Crippen LogP contribution in [-0.4, -0.2) is 81.7 Å². The van der Waals surface area contributed by atoms with Crippen molar-refractivity contribution in [3.63, 3.8) is 0 Å². The van der Waals surface area contributed by atoms with Gasteiger partial charge >= 0.3 is 6.09 Å². The third kappa shape index (κ3) is 7.32. The van der Waals surface area contributed by atoms with Crippen molar-refractivity contribution in [2.75, 3.05) is 59.7 Å². The van der Waals surface area contributed by atoms with Crippen LogP contribution < -0.4 is 9.47 Å². The summed E-state index contributed by atoms with van der Waals surface area (Å²) >= 11 is 0. The molecule has 228 valence electrons. The summed E-state index contributed by atoms with van der Waals surface area (Å²) in [6, 6.07) is 24.3. The number of carbonyl (C=O) groups is 1. The monoisotopic (exact) mass is 586 g/mol. The van der Waals surface area contributed by atoms with Crippen molar-refractivity contribution < 1.29 is 28.5 Å². The SMILES string of the molecule is COCCOCCOc1ccc(COc2ccc([C@@H]3c4ccccc4CCN3C(=O)O[C@@H]3CN4CCC3CC4)cc2)cc1. The Morgan fingerprint density at radius 3 is 2.28 bits per heavy atom. The van der Waals surface area contributed by atoms with Crippen LogP contribution in [0, 0.1) is 5.92 Å². The molecule has 3 saturated heterocycles. The number of ether oxygens (including phenoxy) is 5. The molecule has 2 bridgehead atoms. The van der Waals surface area contributed by atoms with Gasteiger partial charge in [0.05, 0.1) is 25.9 Å². The minimum atomic E-state index is -0.204. The molecule has 8 heteroatoms. The average Bonchev–Trinajstić information content (AvgIpc) is 3.06. The zero-order chi connectivity index (χ0) is 29.4. The van der Waals surface area contributed by atoms with Gasteiger partial charge in [-0.1, -0.05) is 48.5 Å². The number of methoxy groups -OCH3 is 1. The first-order valence-electron chi connectivity index (χ1n) is 15.5. The number of hydrogen-bond donors (Lipinski definition) is 0. The summed E-state index contributed by atoms with van der Waals surface area (Å²) in [7, 11) is 1.66. The van der Waals surface area contributed by atoms with E-state index in [1.54, 1.807) is 7.11 Å². The quantitative estimate of drug-likeness (QED) is 0.260. The van der Waals surface area contributed by atoms with Gasteiger partial charge in [-0.3, -0.25) is 9.80 Å². The van der Waals surface area contributed by atoms with Crippen LogP contribution in [0.2, 0.25) is 0 Å². The summed E-state index contributed by atoms with van der Waals surface area (Å²) in [6.45, 7) is 6.36. The van der Waals surface area contributed by atoms with Crippen molar-refractivity contribution in [2.45, 2.75) is 38.0 Å². The molecule has 0 spiro atoms. The fourth-order valence-electron chi connectivity index (χ4n) is 6.42. The molecular weight excluding hydrogens is 544 g/mol. The minimum Gasteiger partial charge on any atom is -0.491 e. The second-order valence-corrected chi connectivity index (χ2v) is 11.6. The van der Waals surface area contributed by atoms with Crippen LogP contribution in [0.1, 0.15) is 41.1 Å². The molecule has 0 saturated carbocycles. The molecule has 3 aromatic rings. The molecule has 0 radical (unpaired) electrons. The van der Waals surface area contributed by atoms with Crippen LogP contribution >= 0.6 is 0 Å². The fraction of sp³-hybridized carbons (Fsp3) is 0.457. The van der Waals surface area contributed by atoms with Gasteiger partial charge in [0.1, 0.15) is 30.8 Å². The van der Waals surface area contributed by atoms with Gasteiger partial charge in [0.15, 0.2) is 0 Å². The maximum Gasteiger partial charge on any atom is 0.410 e. The third-order valence-electron chi connectivity index (χ3n) is 8.82. The Morgan fingerprint density at radius 1 is 0.814 bits per heavy atom. The lowest BCUT2D eigenvalue weighted by atomic mass is 9.86. The fourth-order valence-corrected chi connectivity index (χ4v) is 6.42. The molecule has 4 aliphatic rings.